The van der Waals surface area contributed by atoms with Gasteiger partial charge in [0.2, 0.25) is 5.78 Å². The Morgan fingerprint density at radius 1 is 1.00 bits per heavy atom. The summed E-state index contributed by atoms with van der Waals surface area (Å²) in [6.07, 6.45) is 0.0615. The first-order chi connectivity index (χ1) is 18.7. The van der Waals surface area contributed by atoms with Crippen molar-refractivity contribution in [3.05, 3.63) is 71.8 Å². The van der Waals surface area contributed by atoms with Crippen molar-refractivity contribution >= 4 is 29.7 Å². The summed E-state index contributed by atoms with van der Waals surface area (Å²) in [6.45, 7) is 3.99. The van der Waals surface area contributed by atoms with Gasteiger partial charge < -0.3 is 20.5 Å². The first-order valence-corrected chi connectivity index (χ1v) is 13.1. The second-order valence-corrected chi connectivity index (χ2v) is 9.96. The molecule has 10 nitrogen and oxygen atoms in total. The van der Waals surface area contributed by atoms with Crippen molar-refractivity contribution < 1.29 is 33.8 Å². The van der Waals surface area contributed by atoms with Gasteiger partial charge in [-0.2, -0.15) is 0 Å². The van der Waals surface area contributed by atoms with E-state index in [1.807, 2.05) is 6.07 Å². The largest absolute Gasteiger partial charge is 0.480 e. The van der Waals surface area contributed by atoms with Crippen molar-refractivity contribution in [1.29, 1.82) is 0 Å². The number of nitrogens with zero attached hydrogens (tertiary/aromatic N) is 1. The number of nitrogens with one attached hydrogen (secondary N) is 2. The highest BCUT2D eigenvalue weighted by Crippen LogP contribution is 2.18. The zero-order valence-corrected chi connectivity index (χ0v) is 22.2. The molecule has 1 aliphatic heterocycles. The number of imide groups is 1. The molecule has 0 radical (unpaired) electrons. The van der Waals surface area contributed by atoms with E-state index in [2.05, 4.69) is 10.6 Å². The average Bonchev–Trinajstić information content (AvgIpc) is 3.46. The maximum Gasteiger partial charge on any atom is 0.408 e. The fraction of sp³-hybridized carbons (Fsp3) is 0.414. The smallest absolute Gasteiger partial charge is 0.408 e. The second-order valence-electron chi connectivity index (χ2n) is 9.96. The molecule has 0 aromatic heterocycles. The number of ether oxygens (including phenoxy) is 1. The highest BCUT2D eigenvalue weighted by atomic mass is 16.5. The van der Waals surface area contributed by atoms with Gasteiger partial charge in [-0.3, -0.25) is 19.3 Å². The molecule has 3 atom stereocenters. The zero-order chi connectivity index (χ0) is 28.4. The molecular formula is C29H35N3O7. The molecular weight excluding hydrogens is 502 g/mol. The number of hydrogen-bond acceptors (Lipinski definition) is 7. The normalized spacial score (nSPS) is 16.2. The zero-order valence-electron chi connectivity index (χ0n) is 22.2. The van der Waals surface area contributed by atoms with Crippen LogP contribution in [0.5, 0.6) is 0 Å². The number of amides is 3. The number of benzene rings is 2. The molecule has 3 amide bonds. The molecule has 0 spiro atoms. The molecule has 1 saturated heterocycles. The fourth-order valence-corrected chi connectivity index (χ4v) is 4.46. The Morgan fingerprint density at radius 3 is 2.15 bits per heavy atom. The minimum Gasteiger partial charge on any atom is -0.480 e. The van der Waals surface area contributed by atoms with Crippen molar-refractivity contribution in [3.63, 3.8) is 0 Å². The molecule has 10 heteroatoms. The van der Waals surface area contributed by atoms with E-state index < -0.39 is 47.8 Å². The van der Waals surface area contributed by atoms with Gasteiger partial charge in [0, 0.05) is 6.42 Å². The Balaban J connectivity index is 1.91. The lowest BCUT2D eigenvalue weighted by Gasteiger charge is -2.31. The number of hydrogen-bond donors (Lipinski definition) is 3. The third-order valence-electron chi connectivity index (χ3n) is 6.42. The quantitative estimate of drug-likeness (QED) is 0.351. The molecule has 2 aromatic carbocycles. The lowest BCUT2D eigenvalue weighted by molar-refractivity contribution is -0.162. The molecule has 0 aliphatic carbocycles. The monoisotopic (exact) mass is 537 g/mol. The van der Waals surface area contributed by atoms with Crippen molar-refractivity contribution in [1.82, 2.24) is 15.5 Å². The van der Waals surface area contributed by atoms with E-state index >= 15 is 0 Å². The summed E-state index contributed by atoms with van der Waals surface area (Å²) in [4.78, 5) is 66.0. The van der Waals surface area contributed by atoms with E-state index in [1.165, 1.54) is 0 Å². The Hall–Kier alpha value is -4.05. The van der Waals surface area contributed by atoms with Gasteiger partial charge in [0.1, 0.15) is 18.7 Å². The molecule has 1 heterocycles. The van der Waals surface area contributed by atoms with Crippen molar-refractivity contribution in [3.8, 4) is 0 Å². The van der Waals surface area contributed by atoms with E-state index in [-0.39, 0.29) is 25.4 Å². The van der Waals surface area contributed by atoms with Crippen molar-refractivity contribution in [2.45, 2.75) is 64.3 Å². The molecule has 1 aliphatic rings. The van der Waals surface area contributed by atoms with Gasteiger partial charge in [0.25, 0.3) is 11.8 Å². The van der Waals surface area contributed by atoms with Gasteiger partial charge in [-0.25, -0.2) is 9.59 Å². The molecule has 3 N–H and O–H groups in total. The molecule has 39 heavy (non-hydrogen) atoms. The summed E-state index contributed by atoms with van der Waals surface area (Å²) < 4.78 is 5.29. The highest BCUT2D eigenvalue weighted by Gasteiger charge is 2.43. The molecule has 0 saturated carbocycles. The topological polar surface area (TPSA) is 142 Å². The number of aliphatic carboxylic acids is 1. The fourth-order valence-electron chi connectivity index (χ4n) is 4.46. The Kier molecular flexibility index (Phi) is 10.7. The minimum atomic E-state index is -1.59. The Bertz CT molecular complexity index is 1150. The van der Waals surface area contributed by atoms with E-state index in [4.69, 9.17) is 4.74 Å². The Labute approximate surface area is 227 Å². The van der Waals surface area contributed by atoms with Crippen LogP contribution >= 0.6 is 0 Å². The number of ketones is 1. The third-order valence-corrected chi connectivity index (χ3v) is 6.42. The SMILES string of the molecule is CC(C)C[C@H](C(=O)O)N(C(=O)C(=O)C1CCCN1)C(=O)[C@H](Cc1ccccc1)NC(=O)OCc1ccccc1. The standard InChI is InChI=1S/C29H35N3O7/c1-19(2)16-24(28(36)37)32(27(35)25(33)22-14-9-15-30-22)26(34)23(17-20-10-5-3-6-11-20)31-29(38)39-18-21-12-7-4-8-13-21/h3-8,10-13,19,22-24,30H,9,14-18H2,1-2H3,(H,31,38)(H,36,37)/t22?,23-,24+/m0/s1. The van der Waals surface area contributed by atoms with Crippen LogP contribution in [0.4, 0.5) is 4.79 Å². The maximum absolute atomic E-state index is 13.9. The van der Waals surface area contributed by atoms with E-state index in [0.717, 1.165) is 5.56 Å². The summed E-state index contributed by atoms with van der Waals surface area (Å²) in [7, 11) is 0. The van der Waals surface area contributed by atoms with E-state index in [1.54, 1.807) is 68.4 Å². The Morgan fingerprint density at radius 2 is 1.62 bits per heavy atom. The number of carbonyl (C=O) groups excluding carboxylic acids is 4. The van der Waals surface area contributed by atoms with Crippen LogP contribution in [0.3, 0.4) is 0 Å². The van der Waals surface area contributed by atoms with Crippen LogP contribution in [0.25, 0.3) is 0 Å². The molecule has 1 unspecified atom stereocenters. The van der Waals surface area contributed by atoms with Crippen molar-refractivity contribution in [2.24, 2.45) is 5.92 Å². The minimum absolute atomic E-state index is 0.0478. The number of rotatable bonds is 12. The van der Waals surface area contributed by atoms with Crippen LogP contribution in [-0.2, 0) is 36.9 Å². The van der Waals surface area contributed by atoms with Crippen LogP contribution in [-0.4, -0.2) is 64.3 Å². The predicted molar refractivity (Wildman–Crippen MR) is 142 cm³/mol. The van der Waals surface area contributed by atoms with Gasteiger partial charge >= 0.3 is 12.1 Å². The lowest BCUT2D eigenvalue weighted by Crippen LogP contribution is -2.60. The number of carbonyl (C=O) groups is 5. The average molecular weight is 538 g/mol. The van der Waals surface area contributed by atoms with Gasteiger partial charge in [0.05, 0.1) is 6.04 Å². The van der Waals surface area contributed by atoms with Crippen LogP contribution in [0, 0.1) is 5.92 Å². The number of Topliss-reactive ketones (excluding diaryl/α,β-unsaturated/α-hetero) is 1. The van der Waals surface area contributed by atoms with Crippen molar-refractivity contribution in [2.75, 3.05) is 6.54 Å². The second kappa shape index (κ2) is 14.2. The first kappa shape index (κ1) is 29.5. The van der Waals surface area contributed by atoms with Crippen LogP contribution < -0.4 is 10.6 Å². The third kappa shape index (κ3) is 8.47. The molecule has 208 valence electrons. The van der Waals surface area contributed by atoms with Crippen LogP contribution in [0.2, 0.25) is 0 Å². The number of alkyl carbamates (subject to hydrolysis) is 1. The molecule has 2 aromatic rings. The van der Waals surface area contributed by atoms with E-state index in [0.29, 0.717) is 29.8 Å². The summed E-state index contributed by atoms with van der Waals surface area (Å²) in [5.74, 6) is -4.68. The predicted octanol–water partition coefficient (Wildman–Crippen LogP) is 2.70. The molecule has 1 fully saturated rings. The highest BCUT2D eigenvalue weighted by molar-refractivity contribution is 6.41. The molecule has 0 bridgehead atoms. The summed E-state index contributed by atoms with van der Waals surface area (Å²) in [5, 5.41) is 15.4. The number of carboxylic acid groups (broad SMARTS) is 1. The number of carboxylic acids is 1. The van der Waals surface area contributed by atoms with Crippen LogP contribution in [0.1, 0.15) is 44.2 Å². The molecule has 3 rings (SSSR count). The van der Waals surface area contributed by atoms with Gasteiger partial charge in [0.15, 0.2) is 0 Å². The van der Waals surface area contributed by atoms with E-state index in [9.17, 15) is 29.1 Å². The summed E-state index contributed by atoms with van der Waals surface area (Å²) in [5.41, 5.74) is 1.39. The van der Waals surface area contributed by atoms with Gasteiger partial charge in [-0.05, 0) is 42.9 Å². The van der Waals surface area contributed by atoms with Crippen LogP contribution in [0.15, 0.2) is 60.7 Å². The van der Waals surface area contributed by atoms with Gasteiger partial charge in [-0.1, -0.05) is 74.5 Å². The summed E-state index contributed by atoms with van der Waals surface area (Å²) in [6, 6.07) is 14.0. The lowest BCUT2D eigenvalue weighted by atomic mass is 9.98. The maximum atomic E-state index is 13.9. The van der Waals surface area contributed by atoms with Gasteiger partial charge in [-0.15, -0.1) is 0 Å². The first-order valence-electron chi connectivity index (χ1n) is 13.1. The summed E-state index contributed by atoms with van der Waals surface area (Å²) >= 11 is 0.